The molecule has 0 radical (unpaired) electrons. The number of halogens is 2. The average Bonchev–Trinajstić information content (AvgIpc) is 2.67. The van der Waals surface area contributed by atoms with Gasteiger partial charge in [0.25, 0.3) is 11.8 Å². The Morgan fingerprint density at radius 1 is 1.14 bits per heavy atom. The van der Waals surface area contributed by atoms with E-state index in [1.54, 1.807) is 30.3 Å². The zero-order chi connectivity index (χ0) is 21.3. The number of nitrogens with one attached hydrogen (secondary N) is 1. The number of nitrogens with zero attached hydrogens (tertiary/aromatic N) is 1. The first-order valence-electron chi connectivity index (χ1n) is 8.36. The second-order valence-corrected chi connectivity index (χ2v) is 7.77. The molecule has 9 heteroatoms. The summed E-state index contributed by atoms with van der Waals surface area (Å²) in [6.07, 6.45) is 1.45. The van der Waals surface area contributed by atoms with Crippen molar-refractivity contribution in [1.29, 1.82) is 0 Å². The highest BCUT2D eigenvalue weighted by Gasteiger charge is 2.35. The molecule has 1 fully saturated rings. The Bertz CT molecular complexity index is 1070. The van der Waals surface area contributed by atoms with Crippen LogP contribution in [0.4, 0.5) is 5.69 Å². The summed E-state index contributed by atoms with van der Waals surface area (Å²) in [5, 5.41) is 3.02. The highest BCUT2D eigenvalue weighted by molar-refractivity contribution is 9.10. The van der Waals surface area contributed by atoms with Gasteiger partial charge in [-0.1, -0.05) is 17.7 Å². The van der Waals surface area contributed by atoms with Crippen molar-refractivity contribution in [3.05, 3.63) is 56.5 Å². The number of carbonyl (C=O) groups is 2. The number of ether oxygens (including phenoxy) is 2. The highest BCUT2D eigenvalue weighted by atomic mass is 79.9. The minimum absolute atomic E-state index is 0.0139. The Morgan fingerprint density at radius 3 is 2.45 bits per heavy atom. The van der Waals surface area contributed by atoms with Crippen LogP contribution in [-0.4, -0.2) is 31.1 Å². The topological polar surface area (TPSA) is 67.9 Å². The molecule has 3 rings (SSSR count). The number of amides is 2. The first-order chi connectivity index (χ1) is 13.8. The van der Waals surface area contributed by atoms with Crippen LogP contribution in [0.25, 0.3) is 6.08 Å². The molecule has 0 saturated carbocycles. The molecule has 0 spiro atoms. The molecule has 0 aliphatic carbocycles. The Balaban J connectivity index is 2.08. The predicted octanol–water partition coefficient (Wildman–Crippen LogP) is 4.26. The number of benzene rings is 2. The number of rotatable bonds is 4. The molecule has 0 atom stereocenters. The number of hydrogen-bond acceptors (Lipinski definition) is 5. The van der Waals surface area contributed by atoms with Crippen molar-refractivity contribution in [2.75, 3.05) is 19.1 Å². The molecule has 1 aliphatic rings. The van der Waals surface area contributed by atoms with E-state index in [-0.39, 0.29) is 10.7 Å². The average molecular weight is 496 g/mol. The summed E-state index contributed by atoms with van der Waals surface area (Å²) in [7, 11) is 3.02. The monoisotopic (exact) mass is 494 g/mol. The van der Waals surface area contributed by atoms with Crippen molar-refractivity contribution in [2.24, 2.45) is 0 Å². The summed E-state index contributed by atoms with van der Waals surface area (Å²) >= 11 is 14.8. The number of hydrogen-bond donors (Lipinski definition) is 1. The van der Waals surface area contributed by atoms with Crippen LogP contribution in [0.1, 0.15) is 11.1 Å². The van der Waals surface area contributed by atoms with Gasteiger partial charge in [0.05, 0.1) is 24.4 Å². The van der Waals surface area contributed by atoms with Gasteiger partial charge in [0.15, 0.2) is 5.11 Å². The minimum Gasteiger partial charge on any atom is -0.496 e. The second kappa shape index (κ2) is 8.52. The third-order valence-corrected chi connectivity index (χ3v) is 5.63. The van der Waals surface area contributed by atoms with E-state index in [0.717, 1.165) is 5.56 Å². The molecule has 1 aliphatic heterocycles. The van der Waals surface area contributed by atoms with E-state index in [1.165, 1.54) is 25.2 Å². The molecule has 29 heavy (non-hydrogen) atoms. The standard InChI is InChI=1S/C20H16BrClN2O4S/c1-10-4-5-12(8-15(10)22)24-19(26)13(18(25)23-20(24)29)6-11-7-14(21)17(28-3)9-16(11)27-2/h4-9H,1-3H3,(H,23,25,29)/b13-6+. The molecular formula is C20H16BrClN2O4S. The van der Waals surface area contributed by atoms with Crippen LogP contribution in [0, 0.1) is 6.92 Å². The fraction of sp³-hybridized carbons (Fsp3) is 0.150. The largest absolute Gasteiger partial charge is 0.496 e. The van der Waals surface area contributed by atoms with E-state index in [1.807, 2.05) is 6.92 Å². The Hall–Kier alpha value is -2.42. The molecule has 1 saturated heterocycles. The van der Waals surface area contributed by atoms with Crippen molar-refractivity contribution in [2.45, 2.75) is 6.92 Å². The molecule has 1 N–H and O–H groups in total. The lowest BCUT2D eigenvalue weighted by Gasteiger charge is -2.29. The van der Waals surface area contributed by atoms with Crippen LogP contribution in [0.3, 0.4) is 0 Å². The number of carbonyl (C=O) groups excluding carboxylic acids is 2. The lowest BCUT2D eigenvalue weighted by molar-refractivity contribution is -0.122. The van der Waals surface area contributed by atoms with Crippen molar-refractivity contribution < 1.29 is 19.1 Å². The van der Waals surface area contributed by atoms with Crippen molar-refractivity contribution >= 4 is 68.4 Å². The van der Waals surface area contributed by atoms with E-state index in [2.05, 4.69) is 21.2 Å². The summed E-state index contributed by atoms with van der Waals surface area (Å²) in [6.45, 7) is 1.85. The molecule has 2 aromatic rings. The van der Waals surface area contributed by atoms with Crippen LogP contribution in [0.2, 0.25) is 5.02 Å². The maximum Gasteiger partial charge on any atom is 0.270 e. The fourth-order valence-electron chi connectivity index (χ4n) is 2.76. The van der Waals surface area contributed by atoms with Crippen LogP contribution in [0.15, 0.2) is 40.4 Å². The molecule has 150 valence electrons. The van der Waals surface area contributed by atoms with Crippen LogP contribution >= 0.6 is 39.7 Å². The molecule has 6 nitrogen and oxygen atoms in total. The van der Waals surface area contributed by atoms with E-state index in [4.69, 9.17) is 33.3 Å². The summed E-state index contributed by atoms with van der Waals surface area (Å²) in [5.74, 6) is -0.159. The van der Waals surface area contributed by atoms with Gasteiger partial charge in [0.2, 0.25) is 0 Å². The van der Waals surface area contributed by atoms with Crippen molar-refractivity contribution in [3.63, 3.8) is 0 Å². The summed E-state index contributed by atoms with van der Waals surface area (Å²) in [4.78, 5) is 26.9. The molecular weight excluding hydrogens is 480 g/mol. The molecule has 0 aromatic heterocycles. The molecule has 2 amide bonds. The van der Waals surface area contributed by atoms with Gasteiger partial charge in [-0.15, -0.1) is 0 Å². The van der Waals surface area contributed by atoms with Gasteiger partial charge in [-0.05, 0) is 64.9 Å². The van der Waals surface area contributed by atoms with E-state index in [0.29, 0.717) is 32.2 Å². The van der Waals surface area contributed by atoms with Gasteiger partial charge in [-0.3, -0.25) is 19.8 Å². The third-order valence-electron chi connectivity index (χ3n) is 4.32. The van der Waals surface area contributed by atoms with E-state index in [9.17, 15) is 9.59 Å². The van der Waals surface area contributed by atoms with Crippen LogP contribution in [-0.2, 0) is 9.59 Å². The lowest BCUT2D eigenvalue weighted by atomic mass is 10.1. The number of methoxy groups -OCH3 is 2. The molecule has 0 bridgehead atoms. The van der Waals surface area contributed by atoms with Crippen molar-refractivity contribution in [1.82, 2.24) is 5.32 Å². The fourth-order valence-corrected chi connectivity index (χ4v) is 3.74. The number of anilines is 1. The first kappa shape index (κ1) is 21.3. The van der Waals surface area contributed by atoms with Gasteiger partial charge < -0.3 is 9.47 Å². The van der Waals surface area contributed by atoms with Gasteiger partial charge in [-0.2, -0.15) is 0 Å². The van der Waals surface area contributed by atoms with Gasteiger partial charge >= 0.3 is 0 Å². The van der Waals surface area contributed by atoms with Crippen LogP contribution < -0.4 is 19.7 Å². The number of thiocarbonyl (C=S) groups is 1. The maximum absolute atomic E-state index is 13.1. The summed E-state index contributed by atoms with van der Waals surface area (Å²) in [6, 6.07) is 8.47. The Morgan fingerprint density at radius 2 is 1.83 bits per heavy atom. The first-order valence-corrected chi connectivity index (χ1v) is 9.94. The minimum atomic E-state index is -0.594. The molecule has 0 unspecified atom stereocenters. The summed E-state index contributed by atoms with van der Waals surface area (Å²) in [5.41, 5.74) is 1.75. The van der Waals surface area contributed by atoms with Gasteiger partial charge in [0, 0.05) is 16.7 Å². The lowest BCUT2D eigenvalue weighted by Crippen LogP contribution is -2.54. The number of aryl methyl sites for hydroxylation is 1. The van der Waals surface area contributed by atoms with Gasteiger partial charge in [-0.25, -0.2) is 0 Å². The predicted molar refractivity (Wildman–Crippen MR) is 120 cm³/mol. The SMILES string of the molecule is COc1cc(OC)c(/C=C2\C(=O)NC(=S)N(c3ccc(C)c(Cl)c3)C2=O)cc1Br. The molecule has 1 heterocycles. The maximum atomic E-state index is 13.1. The van der Waals surface area contributed by atoms with E-state index >= 15 is 0 Å². The van der Waals surface area contributed by atoms with Gasteiger partial charge in [0.1, 0.15) is 17.1 Å². The normalized spacial score (nSPS) is 15.6. The van der Waals surface area contributed by atoms with Crippen molar-refractivity contribution in [3.8, 4) is 11.5 Å². The Labute approximate surface area is 186 Å². The quantitative estimate of drug-likeness (QED) is 0.390. The van der Waals surface area contributed by atoms with Crippen LogP contribution in [0.5, 0.6) is 11.5 Å². The zero-order valence-electron chi connectivity index (χ0n) is 15.7. The highest BCUT2D eigenvalue weighted by Crippen LogP contribution is 2.35. The molecule has 2 aromatic carbocycles. The summed E-state index contributed by atoms with van der Waals surface area (Å²) < 4.78 is 11.3. The second-order valence-electron chi connectivity index (χ2n) is 6.12. The van der Waals surface area contributed by atoms with E-state index < -0.39 is 11.8 Å². The smallest absolute Gasteiger partial charge is 0.270 e. The third kappa shape index (κ3) is 4.14. The zero-order valence-corrected chi connectivity index (χ0v) is 18.9. The Kier molecular flexibility index (Phi) is 6.26.